The van der Waals surface area contributed by atoms with Crippen LogP contribution in [0.1, 0.15) is 50.5 Å². The van der Waals surface area contributed by atoms with E-state index in [-0.39, 0.29) is 18.2 Å². The van der Waals surface area contributed by atoms with Gasteiger partial charge in [0.05, 0.1) is 17.8 Å². The van der Waals surface area contributed by atoms with Gasteiger partial charge in [0, 0.05) is 18.0 Å². The highest BCUT2D eigenvalue weighted by atomic mass is 32.2. The number of rotatable bonds is 5. The summed E-state index contributed by atoms with van der Waals surface area (Å²) in [4.78, 5) is 12.2. The van der Waals surface area contributed by atoms with E-state index in [4.69, 9.17) is 9.73 Å². The highest BCUT2D eigenvalue weighted by Crippen LogP contribution is 2.48. The summed E-state index contributed by atoms with van der Waals surface area (Å²) in [5, 5.41) is 1.17. The summed E-state index contributed by atoms with van der Waals surface area (Å²) in [6.45, 7) is 6.36. The number of ether oxygens (including phenoxy) is 1. The smallest absolute Gasteiger partial charge is 0.160 e. The van der Waals surface area contributed by atoms with E-state index in [2.05, 4.69) is 61.0 Å². The quantitative estimate of drug-likeness (QED) is 0.757. The van der Waals surface area contributed by atoms with Crippen LogP contribution in [0.2, 0.25) is 0 Å². The van der Waals surface area contributed by atoms with Gasteiger partial charge >= 0.3 is 0 Å². The van der Waals surface area contributed by atoms with Gasteiger partial charge in [-0.15, -0.1) is 0 Å². The lowest BCUT2D eigenvalue weighted by Crippen LogP contribution is -2.35. The molecule has 1 saturated heterocycles. The molecule has 136 valence electrons. The number of fused-ring (bicyclic) bond motifs is 1. The fraction of sp³-hybridized carbons (Fsp3) is 0.429. The fourth-order valence-corrected chi connectivity index (χ4v) is 5.06. The molecular formula is C21H25N3OS. The first-order valence-corrected chi connectivity index (χ1v) is 10.3. The number of amidine groups is 1. The maximum Gasteiger partial charge on any atom is 0.160 e. The first-order chi connectivity index (χ1) is 12.7. The lowest BCUT2D eigenvalue weighted by atomic mass is 9.95. The van der Waals surface area contributed by atoms with Crippen LogP contribution in [0.4, 0.5) is 0 Å². The molecule has 2 aromatic rings. The Morgan fingerprint density at radius 2 is 2.00 bits per heavy atom. The van der Waals surface area contributed by atoms with Crippen LogP contribution in [0.5, 0.6) is 5.75 Å². The molecule has 1 aromatic heterocycles. The normalized spacial score (nSPS) is 24.7. The van der Waals surface area contributed by atoms with Crippen LogP contribution < -0.4 is 4.74 Å². The first kappa shape index (κ1) is 17.4. The highest BCUT2D eigenvalue weighted by Gasteiger charge is 2.45. The Bertz CT molecular complexity index is 776. The Morgan fingerprint density at radius 3 is 2.65 bits per heavy atom. The molecule has 1 aromatic carbocycles. The molecule has 4 nitrogen and oxygen atoms in total. The molecule has 0 saturated carbocycles. The summed E-state index contributed by atoms with van der Waals surface area (Å²) in [6, 6.07) is 15.4. The van der Waals surface area contributed by atoms with Gasteiger partial charge in [-0.05, 0) is 50.1 Å². The van der Waals surface area contributed by atoms with E-state index in [0.29, 0.717) is 6.04 Å². The maximum atomic E-state index is 5.81. The van der Waals surface area contributed by atoms with Gasteiger partial charge in [0.1, 0.15) is 11.8 Å². The van der Waals surface area contributed by atoms with Gasteiger partial charge in [-0.25, -0.2) is 0 Å². The van der Waals surface area contributed by atoms with E-state index < -0.39 is 0 Å². The van der Waals surface area contributed by atoms with Crippen molar-refractivity contribution in [1.29, 1.82) is 0 Å². The van der Waals surface area contributed by atoms with Crippen molar-refractivity contribution in [3.05, 3.63) is 59.9 Å². The van der Waals surface area contributed by atoms with Gasteiger partial charge in [0.15, 0.2) is 5.17 Å². The summed E-state index contributed by atoms with van der Waals surface area (Å²) in [6.07, 6.45) is 3.18. The lowest BCUT2D eigenvalue weighted by molar-refractivity contribution is 0.241. The zero-order chi connectivity index (χ0) is 18.1. The van der Waals surface area contributed by atoms with Gasteiger partial charge in [-0.2, -0.15) is 0 Å². The van der Waals surface area contributed by atoms with Crippen molar-refractivity contribution >= 4 is 16.9 Å². The third-order valence-corrected chi connectivity index (χ3v) is 6.05. The number of thioether (sulfide) groups is 1. The molecule has 4 rings (SSSR count). The molecule has 0 bridgehead atoms. The molecule has 0 spiro atoms. The fourth-order valence-electron chi connectivity index (χ4n) is 3.73. The van der Waals surface area contributed by atoms with Crippen LogP contribution in [0.3, 0.4) is 0 Å². The molecule has 0 unspecified atom stereocenters. The van der Waals surface area contributed by atoms with E-state index in [0.717, 1.165) is 23.6 Å². The van der Waals surface area contributed by atoms with Crippen LogP contribution >= 0.6 is 11.8 Å². The zero-order valence-electron chi connectivity index (χ0n) is 15.5. The molecule has 3 heterocycles. The average molecular weight is 368 g/mol. The van der Waals surface area contributed by atoms with Crippen molar-refractivity contribution < 1.29 is 4.74 Å². The van der Waals surface area contributed by atoms with E-state index in [1.165, 1.54) is 10.7 Å². The van der Waals surface area contributed by atoms with E-state index in [1.54, 1.807) is 0 Å². The lowest BCUT2D eigenvalue weighted by Gasteiger charge is -2.32. The topological polar surface area (TPSA) is 37.7 Å². The van der Waals surface area contributed by atoms with Crippen LogP contribution in [0.25, 0.3) is 0 Å². The number of benzene rings is 1. The largest absolute Gasteiger partial charge is 0.491 e. The molecule has 0 radical (unpaired) electrons. The second-order valence-electron chi connectivity index (χ2n) is 7.07. The minimum atomic E-state index is 0.0462. The van der Waals surface area contributed by atoms with Crippen LogP contribution in [-0.2, 0) is 0 Å². The first-order valence-electron chi connectivity index (χ1n) is 9.34. The van der Waals surface area contributed by atoms with Gasteiger partial charge < -0.3 is 9.64 Å². The number of aliphatic imine (C=N–C) groups is 1. The summed E-state index contributed by atoms with van der Waals surface area (Å²) in [5.41, 5.74) is 2.31. The van der Waals surface area contributed by atoms with Crippen LogP contribution in [0.15, 0.2) is 53.7 Å². The molecule has 0 aliphatic carbocycles. The van der Waals surface area contributed by atoms with Crippen molar-refractivity contribution in [2.45, 2.75) is 51.4 Å². The van der Waals surface area contributed by atoms with Crippen molar-refractivity contribution in [2.24, 2.45) is 4.99 Å². The zero-order valence-corrected chi connectivity index (χ0v) is 16.3. The van der Waals surface area contributed by atoms with Gasteiger partial charge in [-0.3, -0.25) is 9.98 Å². The predicted molar refractivity (Wildman–Crippen MR) is 108 cm³/mol. The Balaban J connectivity index is 1.70. The third kappa shape index (κ3) is 3.20. The van der Waals surface area contributed by atoms with Gasteiger partial charge in [0.2, 0.25) is 0 Å². The van der Waals surface area contributed by atoms with Crippen molar-refractivity contribution in [3.8, 4) is 5.75 Å². The number of hydrogen-bond acceptors (Lipinski definition) is 5. The predicted octanol–water partition coefficient (Wildman–Crippen LogP) is 4.85. The van der Waals surface area contributed by atoms with E-state index in [1.807, 2.05) is 30.1 Å². The molecule has 2 aliphatic heterocycles. The molecule has 26 heavy (non-hydrogen) atoms. The van der Waals surface area contributed by atoms with E-state index in [9.17, 15) is 0 Å². The number of aromatic nitrogens is 1. The molecule has 3 atom stereocenters. The Labute approximate surface area is 159 Å². The van der Waals surface area contributed by atoms with Crippen molar-refractivity contribution in [2.75, 3.05) is 5.75 Å². The highest BCUT2D eigenvalue weighted by molar-refractivity contribution is 8.14. The number of hydrogen-bond donors (Lipinski definition) is 0. The summed E-state index contributed by atoms with van der Waals surface area (Å²) < 4.78 is 5.81. The average Bonchev–Trinajstić information content (AvgIpc) is 3.21. The summed E-state index contributed by atoms with van der Waals surface area (Å²) >= 11 is 1.88. The van der Waals surface area contributed by atoms with Crippen molar-refractivity contribution in [3.63, 3.8) is 0 Å². The minimum absolute atomic E-state index is 0.0462. The maximum absolute atomic E-state index is 5.81. The summed E-state index contributed by atoms with van der Waals surface area (Å²) in [5.74, 6) is 2.04. The van der Waals surface area contributed by atoms with Crippen LogP contribution in [0, 0.1) is 0 Å². The van der Waals surface area contributed by atoms with Crippen LogP contribution in [-0.4, -0.2) is 33.0 Å². The molecule has 5 heteroatoms. The molecule has 1 fully saturated rings. The van der Waals surface area contributed by atoms with E-state index >= 15 is 0 Å². The number of nitrogens with zero attached hydrogens (tertiary/aromatic N) is 3. The van der Waals surface area contributed by atoms with Gasteiger partial charge in [-0.1, -0.05) is 36.9 Å². The molecule has 0 N–H and O–H groups in total. The van der Waals surface area contributed by atoms with Crippen molar-refractivity contribution in [1.82, 2.24) is 9.88 Å². The molecule has 0 amide bonds. The monoisotopic (exact) mass is 367 g/mol. The Hall–Kier alpha value is -2.01. The Morgan fingerprint density at radius 1 is 1.19 bits per heavy atom. The van der Waals surface area contributed by atoms with Gasteiger partial charge in [0.25, 0.3) is 0 Å². The second kappa shape index (κ2) is 7.31. The Kier molecular flexibility index (Phi) is 4.90. The second-order valence-corrected chi connectivity index (χ2v) is 8.06. The SMILES string of the molecule is CC[C@@H]1CSC2=N[C@@H](c3ccccn3)[C@@H](c3ccc(OC(C)C)cc3)N21. The molecule has 2 aliphatic rings. The third-order valence-electron chi connectivity index (χ3n) is 4.92. The standard InChI is InChI=1S/C21H25N3OS/c1-4-16-13-26-21-23-19(18-7-5-6-12-22-18)20(24(16)21)15-8-10-17(11-9-15)25-14(2)3/h5-12,14,16,19-20H,4,13H2,1-3H3/t16-,19+,20-/m1/s1. The summed E-state index contributed by atoms with van der Waals surface area (Å²) in [7, 11) is 0. The molecular weight excluding hydrogens is 342 g/mol. The number of pyridine rings is 1. The minimum Gasteiger partial charge on any atom is -0.491 e.